The van der Waals surface area contributed by atoms with Crippen LogP contribution in [0.4, 0.5) is 5.00 Å². The van der Waals surface area contributed by atoms with Crippen molar-refractivity contribution in [3.8, 4) is 6.07 Å². The minimum absolute atomic E-state index is 0.0129. The highest BCUT2D eigenvalue weighted by Crippen LogP contribution is 2.36. The molecule has 3 rings (SSSR count). The zero-order chi connectivity index (χ0) is 22.1. The van der Waals surface area contributed by atoms with Gasteiger partial charge in [0.15, 0.2) is 9.84 Å². The Morgan fingerprint density at radius 1 is 1.27 bits per heavy atom. The largest absolute Gasteiger partial charge is 0.337 e. The monoisotopic (exact) mass is 445 g/mol. The molecule has 1 N–H and O–H groups in total. The summed E-state index contributed by atoms with van der Waals surface area (Å²) in [5, 5.41) is 12.4. The van der Waals surface area contributed by atoms with Crippen molar-refractivity contribution in [2.45, 2.75) is 50.3 Å². The lowest BCUT2D eigenvalue weighted by molar-refractivity contribution is -0.129. The number of thiophene rings is 1. The topological polar surface area (TPSA) is 107 Å². The number of nitriles is 1. The van der Waals surface area contributed by atoms with Crippen molar-refractivity contribution in [1.82, 2.24) is 4.90 Å². The molecule has 1 aliphatic heterocycles. The van der Waals surface area contributed by atoms with Gasteiger partial charge >= 0.3 is 0 Å². The van der Waals surface area contributed by atoms with Gasteiger partial charge in [-0.05, 0) is 43.5 Å². The van der Waals surface area contributed by atoms with Crippen LogP contribution >= 0.6 is 11.3 Å². The van der Waals surface area contributed by atoms with Crippen LogP contribution in [0, 0.1) is 11.3 Å². The van der Waals surface area contributed by atoms with Crippen molar-refractivity contribution in [2.75, 3.05) is 11.9 Å². The molecule has 1 aromatic carbocycles. The maximum atomic E-state index is 12.5. The highest BCUT2D eigenvalue weighted by atomic mass is 32.2. The molecule has 9 heteroatoms. The third-order valence-electron chi connectivity index (χ3n) is 5.10. The highest BCUT2D eigenvalue weighted by Gasteiger charge is 2.26. The fourth-order valence-corrected chi connectivity index (χ4v) is 5.59. The van der Waals surface area contributed by atoms with E-state index in [2.05, 4.69) is 11.4 Å². The summed E-state index contributed by atoms with van der Waals surface area (Å²) in [6.07, 6.45) is 0.658. The van der Waals surface area contributed by atoms with Crippen LogP contribution in [0.5, 0.6) is 0 Å². The second-order valence-electron chi connectivity index (χ2n) is 7.47. The zero-order valence-corrected chi connectivity index (χ0v) is 18.7. The number of hydrogen-bond donors (Lipinski definition) is 1. The molecule has 0 saturated carbocycles. The van der Waals surface area contributed by atoms with Crippen LogP contribution in [0.3, 0.4) is 0 Å². The fraction of sp³-hybridized carbons (Fsp3) is 0.381. The van der Waals surface area contributed by atoms with E-state index in [1.54, 1.807) is 30.9 Å². The van der Waals surface area contributed by atoms with Crippen LogP contribution in [0.2, 0.25) is 0 Å². The number of carbonyl (C=O) groups is 2. The zero-order valence-electron chi connectivity index (χ0n) is 17.1. The number of rotatable bonds is 5. The van der Waals surface area contributed by atoms with E-state index in [0.29, 0.717) is 35.6 Å². The van der Waals surface area contributed by atoms with Gasteiger partial charge in [0.1, 0.15) is 11.1 Å². The first-order valence-electron chi connectivity index (χ1n) is 9.56. The number of amides is 2. The van der Waals surface area contributed by atoms with Gasteiger partial charge < -0.3 is 10.2 Å². The van der Waals surface area contributed by atoms with Crippen molar-refractivity contribution in [3.05, 3.63) is 45.8 Å². The van der Waals surface area contributed by atoms with E-state index in [9.17, 15) is 23.3 Å². The average molecular weight is 446 g/mol. The Bertz CT molecular complexity index is 1130. The first-order chi connectivity index (χ1) is 14.1. The molecule has 158 valence electrons. The van der Waals surface area contributed by atoms with Crippen LogP contribution in [-0.4, -0.2) is 36.9 Å². The second-order valence-corrected chi connectivity index (χ2v) is 11.1. The lowest BCUT2D eigenvalue weighted by Gasteiger charge is -2.25. The molecule has 2 aromatic rings. The lowest BCUT2D eigenvalue weighted by atomic mass is 10.0. The molecule has 0 radical (unpaired) electrons. The fourth-order valence-electron chi connectivity index (χ4n) is 3.30. The molecular formula is C21H23N3O4S2. The van der Waals surface area contributed by atoms with Gasteiger partial charge in [0.05, 0.1) is 28.7 Å². The second kappa shape index (κ2) is 8.58. The Hall–Kier alpha value is -2.70. The van der Waals surface area contributed by atoms with Crippen LogP contribution in [0.15, 0.2) is 29.2 Å². The number of benzene rings is 1. The maximum absolute atomic E-state index is 12.5. The molecule has 2 heterocycles. The van der Waals surface area contributed by atoms with Crippen LogP contribution in [0.25, 0.3) is 0 Å². The van der Waals surface area contributed by atoms with Gasteiger partial charge in [0.2, 0.25) is 11.8 Å². The smallest absolute Gasteiger partial charge is 0.229 e. The van der Waals surface area contributed by atoms with Gasteiger partial charge in [-0.25, -0.2) is 8.42 Å². The van der Waals surface area contributed by atoms with Gasteiger partial charge in [0.25, 0.3) is 0 Å². The number of hydrogen-bond acceptors (Lipinski definition) is 6. The quantitative estimate of drug-likeness (QED) is 0.761. The number of fused-ring (bicyclic) bond motifs is 1. The van der Waals surface area contributed by atoms with Gasteiger partial charge in [0, 0.05) is 18.3 Å². The molecule has 0 fully saturated rings. The molecule has 0 unspecified atom stereocenters. The Kier molecular flexibility index (Phi) is 6.29. The summed E-state index contributed by atoms with van der Waals surface area (Å²) < 4.78 is 24.4. The summed E-state index contributed by atoms with van der Waals surface area (Å²) >= 11 is 1.33. The van der Waals surface area contributed by atoms with E-state index in [4.69, 9.17) is 0 Å². The molecular weight excluding hydrogens is 422 g/mol. The Morgan fingerprint density at radius 3 is 2.50 bits per heavy atom. The summed E-state index contributed by atoms with van der Waals surface area (Å²) in [5.74, 6) is -0.297. The van der Waals surface area contributed by atoms with E-state index in [1.807, 2.05) is 0 Å². The van der Waals surface area contributed by atoms with Gasteiger partial charge in [-0.1, -0.05) is 12.1 Å². The first kappa shape index (κ1) is 22.0. The summed E-state index contributed by atoms with van der Waals surface area (Å²) in [5.41, 5.74) is 2.04. The first-order valence-corrected chi connectivity index (χ1v) is 11.9. The predicted octanol–water partition coefficient (Wildman–Crippen LogP) is 2.89. The van der Waals surface area contributed by atoms with Gasteiger partial charge in [-0.3, -0.25) is 9.59 Å². The molecule has 0 aliphatic carbocycles. The number of nitrogens with one attached hydrogen (secondary N) is 1. The maximum Gasteiger partial charge on any atom is 0.229 e. The van der Waals surface area contributed by atoms with E-state index < -0.39 is 15.1 Å². The molecule has 7 nitrogen and oxygen atoms in total. The Balaban J connectivity index is 1.73. The third-order valence-corrected chi connectivity index (χ3v) is 8.41. The van der Waals surface area contributed by atoms with Crippen molar-refractivity contribution in [3.63, 3.8) is 0 Å². The standard InChI is InChI=1S/C21H23N3O4S2/c1-13(2)30(27,28)16-6-4-15(5-7-16)10-20(26)23-21-18(11-22)17-8-9-24(14(3)25)12-19(17)29-21/h4-7,13H,8-10,12H2,1-3H3,(H,23,26). The average Bonchev–Trinajstić information content (AvgIpc) is 3.03. The SMILES string of the molecule is CC(=O)N1CCc2c(sc(NC(=O)Cc3ccc(S(=O)(=O)C(C)C)cc3)c2C#N)C1. The van der Waals surface area contributed by atoms with Crippen molar-refractivity contribution >= 4 is 38.0 Å². The number of carbonyl (C=O) groups excluding carboxylic acids is 2. The minimum Gasteiger partial charge on any atom is -0.337 e. The highest BCUT2D eigenvalue weighted by molar-refractivity contribution is 7.92. The number of anilines is 1. The van der Waals surface area contributed by atoms with Crippen LogP contribution in [0.1, 0.15) is 42.3 Å². The normalized spacial score (nSPS) is 13.6. The summed E-state index contributed by atoms with van der Waals surface area (Å²) in [6, 6.07) is 8.46. The molecule has 0 spiro atoms. The Labute approximate surface area is 180 Å². The van der Waals surface area contributed by atoms with Gasteiger partial charge in [-0.15, -0.1) is 11.3 Å². The lowest BCUT2D eigenvalue weighted by Crippen LogP contribution is -2.33. The number of sulfone groups is 1. The van der Waals surface area contributed by atoms with E-state index in [0.717, 1.165) is 10.4 Å². The Morgan fingerprint density at radius 2 is 1.93 bits per heavy atom. The molecule has 30 heavy (non-hydrogen) atoms. The van der Waals surface area contributed by atoms with E-state index in [-0.39, 0.29) is 23.1 Å². The van der Waals surface area contributed by atoms with E-state index in [1.165, 1.54) is 30.4 Å². The van der Waals surface area contributed by atoms with Crippen LogP contribution in [-0.2, 0) is 38.8 Å². The van der Waals surface area contributed by atoms with Crippen molar-refractivity contribution in [2.24, 2.45) is 0 Å². The predicted molar refractivity (Wildman–Crippen MR) is 115 cm³/mol. The summed E-state index contributed by atoms with van der Waals surface area (Å²) in [7, 11) is -3.36. The summed E-state index contributed by atoms with van der Waals surface area (Å²) in [6.45, 7) is 5.78. The molecule has 1 aromatic heterocycles. The molecule has 1 aliphatic rings. The minimum atomic E-state index is -3.36. The molecule has 0 atom stereocenters. The van der Waals surface area contributed by atoms with Crippen molar-refractivity contribution in [1.29, 1.82) is 5.26 Å². The van der Waals surface area contributed by atoms with Crippen LogP contribution < -0.4 is 5.32 Å². The molecule has 0 bridgehead atoms. The summed E-state index contributed by atoms with van der Waals surface area (Å²) in [4.78, 5) is 27.0. The van der Waals surface area contributed by atoms with Crippen molar-refractivity contribution < 1.29 is 18.0 Å². The molecule has 0 saturated heterocycles. The number of nitrogens with zero attached hydrogens (tertiary/aromatic N) is 2. The third kappa shape index (κ3) is 4.40. The van der Waals surface area contributed by atoms with E-state index >= 15 is 0 Å². The molecule has 2 amide bonds. The van der Waals surface area contributed by atoms with Gasteiger partial charge in [-0.2, -0.15) is 5.26 Å².